The summed E-state index contributed by atoms with van der Waals surface area (Å²) in [5, 5.41) is 19.3. The maximum Gasteiger partial charge on any atom is 0.469 e. The molecule has 4 atom stereocenters. The zero-order chi connectivity index (χ0) is 21.3. The molecule has 0 unspecified atom stereocenters. The SMILES string of the molecule is C[C@](CN)(Cc1cn([C@H]2C[C@@H](O)[C@@H](COP(=O)(O)O)O2)c(=O)[nH]c1=O)C(=O)O. The van der Waals surface area contributed by atoms with E-state index >= 15 is 0 Å². The molecule has 0 amide bonds. The van der Waals surface area contributed by atoms with Crippen LogP contribution in [-0.2, 0) is 25.0 Å². The van der Waals surface area contributed by atoms with Gasteiger partial charge < -0.3 is 30.5 Å². The number of H-pyrrole nitrogens is 1. The summed E-state index contributed by atoms with van der Waals surface area (Å²) in [5.74, 6) is -1.21. The first-order valence-electron chi connectivity index (χ1n) is 8.18. The molecule has 0 radical (unpaired) electrons. The highest BCUT2D eigenvalue weighted by atomic mass is 31.2. The summed E-state index contributed by atoms with van der Waals surface area (Å²) in [5.41, 5.74) is 2.41. The molecule has 1 fully saturated rings. The van der Waals surface area contributed by atoms with Crippen LogP contribution in [0, 0.1) is 5.41 Å². The van der Waals surface area contributed by atoms with Gasteiger partial charge >= 0.3 is 19.5 Å². The standard InChI is InChI=1S/C14H22N3O10P/c1-14(6-15,12(20)21)3-7-4-17(13(22)16-11(7)19)10-2-8(18)9(27-10)5-26-28(23,24)25/h4,8-10,18H,2-3,5-6,15H2,1H3,(H,20,21)(H,16,19,22)(H2,23,24,25)/t8-,9-,10-,14-/m1/s1. The Morgan fingerprint density at radius 3 is 2.68 bits per heavy atom. The maximum atomic E-state index is 12.1. The number of phosphoric ester groups is 1. The maximum absolute atomic E-state index is 12.1. The predicted molar refractivity (Wildman–Crippen MR) is 92.4 cm³/mol. The molecule has 13 nitrogen and oxygen atoms in total. The molecular weight excluding hydrogens is 401 g/mol. The van der Waals surface area contributed by atoms with Gasteiger partial charge in [-0.1, -0.05) is 0 Å². The fraction of sp³-hybridized carbons (Fsp3) is 0.643. The normalized spacial score (nSPS) is 24.8. The van der Waals surface area contributed by atoms with Crippen LogP contribution in [0.4, 0.5) is 0 Å². The summed E-state index contributed by atoms with van der Waals surface area (Å²) in [4.78, 5) is 55.1. The molecule has 2 heterocycles. The number of aromatic amines is 1. The number of aliphatic carboxylic acids is 1. The number of nitrogens with one attached hydrogen (secondary N) is 1. The second-order valence-electron chi connectivity index (χ2n) is 6.79. The van der Waals surface area contributed by atoms with E-state index < -0.39 is 55.5 Å². The van der Waals surface area contributed by atoms with Crippen molar-refractivity contribution < 1.29 is 38.6 Å². The van der Waals surface area contributed by atoms with Gasteiger partial charge in [-0.2, -0.15) is 0 Å². The topological polar surface area (TPSA) is 214 Å². The fourth-order valence-corrected chi connectivity index (χ4v) is 3.07. The van der Waals surface area contributed by atoms with Crippen LogP contribution in [-0.4, -0.2) is 60.9 Å². The first kappa shape index (κ1) is 22.4. The number of ether oxygens (including phenoxy) is 1. The first-order chi connectivity index (χ1) is 12.9. The van der Waals surface area contributed by atoms with Crippen molar-refractivity contribution >= 4 is 13.8 Å². The van der Waals surface area contributed by atoms with E-state index in [1.54, 1.807) is 0 Å². The van der Waals surface area contributed by atoms with Crippen LogP contribution in [0.3, 0.4) is 0 Å². The van der Waals surface area contributed by atoms with Gasteiger partial charge in [-0.05, 0) is 13.3 Å². The number of nitrogens with two attached hydrogens (primary N) is 1. The second kappa shape index (κ2) is 8.25. The molecule has 0 spiro atoms. The van der Waals surface area contributed by atoms with Crippen LogP contribution in [0.5, 0.6) is 0 Å². The summed E-state index contributed by atoms with van der Waals surface area (Å²) in [6, 6.07) is 0. The summed E-state index contributed by atoms with van der Waals surface area (Å²) < 4.78 is 21.5. The summed E-state index contributed by atoms with van der Waals surface area (Å²) in [6.07, 6.45) is -2.61. The quantitative estimate of drug-likeness (QED) is 0.249. The number of aliphatic hydroxyl groups excluding tert-OH is 1. The van der Waals surface area contributed by atoms with Gasteiger partial charge in [0.1, 0.15) is 12.3 Å². The largest absolute Gasteiger partial charge is 0.481 e. The Labute approximate surface area is 158 Å². The Kier molecular flexibility index (Phi) is 6.61. The number of hydrogen-bond acceptors (Lipinski definition) is 8. The van der Waals surface area contributed by atoms with Crippen LogP contribution < -0.4 is 17.0 Å². The molecule has 28 heavy (non-hydrogen) atoms. The van der Waals surface area contributed by atoms with Crippen molar-refractivity contribution in [3.8, 4) is 0 Å². The van der Waals surface area contributed by atoms with E-state index in [0.29, 0.717) is 0 Å². The van der Waals surface area contributed by atoms with E-state index in [9.17, 15) is 29.2 Å². The third-order valence-corrected chi connectivity index (χ3v) is 5.00. The van der Waals surface area contributed by atoms with Crippen LogP contribution in [0.25, 0.3) is 0 Å². The van der Waals surface area contributed by atoms with Gasteiger partial charge in [0.25, 0.3) is 5.56 Å². The molecule has 1 aliphatic rings. The van der Waals surface area contributed by atoms with Gasteiger partial charge in [-0.15, -0.1) is 0 Å². The van der Waals surface area contributed by atoms with E-state index in [1.807, 2.05) is 0 Å². The Morgan fingerprint density at radius 1 is 1.50 bits per heavy atom. The molecule has 14 heteroatoms. The predicted octanol–water partition coefficient (Wildman–Crippen LogP) is -2.11. The van der Waals surface area contributed by atoms with Gasteiger partial charge in [0.15, 0.2) is 0 Å². The van der Waals surface area contributed by atoms with Crippen molar-refractivity contribution in [1.29, 1.82) is 0 Å². The van der Waals surface area contributed by atoms with E-state index in [-0.39, 0.29) is 24.9 Å². The van der Waals surface area contributed by atoms with Gasteiger partial charge in [-0.3, -0.25) is 23.7 Å². The highest BCUT2D eigenvalue weighted by molar-refractivity contribution is 7.46. The number of carboxylic acid groups (broad SMARTS) is 1. The molecule has 7 N–H and O–H groups in total. The number of aliphatic hydroxyl groups is 1. The van der Waals surface area contributed by atoms with Crippen molar-refractivity contribution in [2.75, 3.05) is 13.2 Å². The highest BCUT2D eigenvalue weighted by Gasteiger charge is 2.38. The lowest BCUT2D eigenvalue weighted by atomic mass is 9.84. The molecule has 2 rings (SSSR count). The zero-order valence-corrected chi connectivity index (χ0v) is 15.7. The Bertz CT molecular complexity index is 892. The molecule has 1 saturated heterocycles. The highest BCUT2D eigenvalue weighted by Crippen LogP contribution is 2.38. The third-order valence-electron chi connectivity index (χ3n) is 4.51. The molecule has 0 bridgehead atoms. The minimum absolute atomic E-state index is 0.0250. The van der Waals surface area contributed by atoms with Crippen LogP contribution in [0.1, 0.15) is 25.1 Å². The molecule has 1 aliphatic heterocycles. The Balaban J connectivity index is 2.27. The van der Waals surface area contributed by atoms with Crippen molar-refractivity contribution in [2.45, 2.75) is 38.2 Å². The van der Waals surface area contributed by atoms with Gasteiger partial charge in [0, 0.05) is 24.7 Å². The van der Waals surface area contributed by atoms with Crippen LogP contribution in [0.2, 0.25) is 0 Å². The molecular formula is C14H22N3O10P. The number of aromatic nitrogens is 2. The lowest BCUT2D eigenvalue weighted by Gasteiger charge is -2.23. The lowest BCUT2D eigenvalue weighted by molar-refractivity contribution is -0.147. The van der Waals surface area contributed by atoms with E-state index in [0.717, 1.165) is 10.8 Å². The lowest BCUT2D eigenvalue weighted by Crippen LogP contribution is -2.41. The van der Waals surface area contributed by atoms with Crippen molar-refractivity contribution in [2.24, 2.45) is 11.1 Å². The molecule has 0 aliphatic carbocycles. The molecule has 0 saturated carbocycles. The molecule has 1 aromatic rings. The summed E-state index contributed by atoms with van der Waals surface area (Å²) in [7, 11) is -4.77. The summed E-state index contributed by atoms with van der Waals surface area (Å²) in [6.45, 7) is 0.494. The summed E-state index contributed by atoms with van der Waals surface area (Å²) >= 11 is 0. The third kappa shape index (κ3) is 5.14. The number of nitrogens with zero attached hydrogens (tertiary/aromatic N) is 1. The molecule has 1 aromatic heterocycles. The molecule has 158 valence electrons. The number of carbonyl (C=O) groups is 1. The van der Waals surface area contributed by atoms with E-state index in [2.05, 4.69) is 9.51 Å². The zero-order valence-electron chi connectivity index (χ0n) is 14.8. The van der Waals surface area contributed by atoms with Gasteiger partial charge in [-0.25, -0.2) is 9.36 Å². The first-order valence-corrected chi connectivity index (χ1v) is 9.71. The monoisotopic (exact) mass is 423 g/mol. The van der Waals surface area contributed by atoms with Crippen molar-refractivity contribution in [3.05, 3.63) is 32.6 Å². The van der Waals surface area contributed by atoms with E-state index in [4.69, 9.17) is 20.3 Å². The fourth-order valence-electron chi connectivity index (χ4n) is 2.73. The molecule has 0 aromatic carbocycles. The van der Waals surface area contributed by atoms with Crippen LogP contribution >= 0.6 is 7.82 Å². The minimum atomic E-state index is -4.77. The van der Waals surface area contributed by atoms with Gasteiger partial charge in [0.2, 0.25) is 0 Å². The van der Waals surface area contributed by atoms with Gasteiger partial charge in [0.05, 0.1) is 18.1 Å². The second-order valence-corrected chi connectivity index (χ2v) is 8.03. The van der Waals surface area contributed by atoms with Crippen molar-refractivity contribution in [3.63, 3.8) is 0 Å². The average Bonchev–Trinajstić information content (AvgIpc) is 2.95. The van der Waals surface area contributed by atoms with Crippen LogP contribution in [0.15, 0.2) is 15.8 Å². The van der Waals surface area contributed by atoms with Crippen molar-refractivity contribution in [1.82, 2.24) is 9.55 Å². The minimum Gasteiger partial charge on any atom is -0.481 e. The number of rotatable bonds is 8. The number of carboxylic acids is 1. The van der Waals surface area contributed by atoms with E-state index in [1.165, 1.54) is 6.92 Å². The Hall–Kier alpha value is -1.86. The smallest absolute Gasteiger partial charge is 0.469 e. The Morgan fingerprint density at radius 2 is 2.14 bits per heavy atom. The number of hydrogen-bond donors (Lipinski definition) is 6. The average molecular weight is 423 g/mol. The number of phosphoric acid groups is 1.